The molecule has 214 valence electrons. The van der Waals surface area contributed by atoms with Crippen LogP contribution in [-0.2, 0) is 19.1 Å². The first-order valence-corrected chi connectivity index (χ1v) is 15.4. The van der Waals surface area contributed by atoms with Crippen molar-refractivity contribution in [3.63, 3.8) is 0 Å². The summed E-state index contributed by atoms with van der Waals surface area (Å²) >= 11 is 1.71. The number of carbonyl (C=O) groups is 3. The Balaban J connectivity index is 1.35. The minimum absolute atomic E-state index is 0.0213. The Morgan fingerprint density at radius 1 is 1.08 bits per heavy atom. The molecular formula is C29H42N4O5S. The number of nitrogens with one attached hydrogen (secondary N) is 2. The van der Waals surface area contributed by atoms with Gasteiger partial charge in [0.05, 0.1) is 29.8 Å². The SMILES string of the molecule is CC1C[C@@H]2SC13C(C(=O)NCCN1CCOCC1)N(CCCCCCO)C(=O)[C@@H]3[C@@H]2C(=O)Nc1ccccc1. The van der Waals surface area contributed by atoms with Crippen LogP contribution in [0.2, 0.25) is 0 Å². The van der Waals surface area contributed by atoms with Crippen LogP contribution >= 0.6 is 11.8 Å². The van der Waals surface area contributed by atoms with Crippen molar-refractivity contribution in [2.24, 2.45) is 17.8 Å². The molecule has 4 saturated heterocycles. The van der Waals surface area contributed by atoms with E-state index in [1.807, 2.05) is 30.3 Å². The molecule has 0 aromatic heterocycles. The van der Waals surface area contributed by atoms with E-state index in [-0.39, 0.29) is 35.5 Å². The van der Waals surface area contributed by atoms with Gasteiger partial charge in [-0.25, -0.2) is 0 Å². The van der Waals surface area contributed by atoms with Crippen molar-refractivity contribution in [2.75, 3.05) is 57.9 Å². The predicted molar refractivity (Wildman–Crippen MR) is 151 cm³/mol. The lowest BCUT2D eigenvalue weighted by Crippen LogP contribution is -2.57. The number of thioether (sulfide) groups is 1. The summed E-state index contributed by atoms with van der Waals surface area (Å²) in [5.74, 6) is -1.09. The molecule has 3 amide bonds. The highest BCUT2D eigenvalue weighted by atomic mass is 32.2. The van der Waals surface area contributed by atoms with Crippen molar-refractivity contribution in [3.8, 4) is 0 Å². The van der Waals surface area contributed by atoms with E-state index < -0.39 is 22.6 Å². The van der Waals surface area contributed by atoms with Gasteiger partial charge in [-0.05, 0) is 37.3 Å². The fourth-order valence-electron chi connectivity index (χ4n) is 7.11. The summed E-state index contributed by atoms with van der Waals surface area (Å²) in [5, 5.41) is 15.4. The number of aliphatic hydroxyl groups excluding tert-OH is 1. The van der Waals surface area contributed by atoms with Crippen molar-refractivity contribution in [1.29, 1.82) is 0 Å². The first-order valence-electron chi connectivity index (χ1n) is 14.5. The van der Waals surface area contributed by atoms with Crippen molar-refractivity contribution in [1.82, 2.24) is 15.1 Å². The molecule has 3 unspecified atom stereocenters. The summed E-state index contributed by atoms with van der Waals surface area (Å²) in [6, 6.07) is 8.79. The third kappa shape index (κ3) is 5.58. The molecule has 0 aliphatic carbocycles. The Kier molecular flexibility index (Phi) is 9.16. The monoisotopic (exact) mass is 558 g/mol. The summed E-state index contributed by atoms with van der Waals surface area (Å²) in [7, 11) is 0. The van der Waals surface area contributed by atoms with E-state index in [1.165, 1.54) is 0 Å². The Bertz CT molecular complexity index is 1020. The van der Waals surface area contributed by atoms with Crippen molar-refractivity contribution >= 4 is 35.2 Å². The summed E-state index contributed by atoms with van der Waals surface area (Å²) < 4.78 is 4.83. The Labute approximate surface area is 235 Å². The number of benzene rings is 1. The second-order valence-corrected chi connectivity index (χ2v) is 12.9. The molecule has 9 nitrogen and oxygen atoms in total. The van der Waals surface area contributed by atoms with E-state index >= 15 is 0 Å². The zero-order valence-corrected chi connectivity index (χ0v) is 23.7. The van der Waals surface area contributed by atoms with E-state index in [9.17, 15) is 14.4 Å². The summed E-state index contributed by atoms with van der Waals surface area (Å²) in [6.45, 7) is 7.22. The molecule has 1 aromatic carbocycles. The molecule has 2 bridgehead atoms. The maximum absolute atomic E-state index is 14.1. The molecule has 4 heterocycles. The third-order valence-corrected chi connectivity index (χ3v) is 11.1. The average Bonchev–Trinajstić information content (AvgIpc) is 3.53. The van der Waals surface area contributed by atoms with Gasteiger partial charge < -0.3 is 25.4 Å². The molecule has 5 rings (SSSR count). The summed E-state index contributed by atoms with van der Waals surface area (Å²) in [4.78, 5) is 45.8. The highest BCUT2D eigenvalue weighted by Gasteiger charge is 2.75. The molecule has 0 saturated carbocycles. The normalized spacial score (nSPS) is 31.9. The molecule has 6 atom stereocenters. The van der Waals surface area contributed by atoms with Crippen molar-refractivity contribution in [3.05, 3.63) is 30.3 Å². The molecule has 4 aliphatic rings. The molecule has 4 aliphatic heterocycles. The van der Waals surface area contributed by atoms with E-state index in [0.717, 1.165) is 57.4 Å². The average molecular weight is 559 g/mol. The highest BCUT2D eigenvalue weighted by molar-refractivity contribution is 8.02. The van der Waals surface area contributed by atoms with Crippen LogP contribution in [0.4, 0.5) is 5.69 Å². The topological polar surface area (TPSA) is 111 Å². The minimum Gasteiger partial charge on any atom is -0.396 e. The number of fused-ring (bicyclic) bond motifs is 1. The van der Waals surface area contributed by atoms with Gasteiger partial charge in [-0.15, -0.1) is 11.8 Å². The molecule has 3 N–H and O–H groups in total. The first-order chi connectivity index (χ1) is 19.0. The number of carbonyl (C=O) groups excluding carboxylic acids is 3. The van der Waals surface area contributed by atoms with Gasteiger partial charge in [0.1, 0.15) is 6.04 Å². The van der Waals surface area contributed by atoms with Crippen LogP contribution in [0.5, 0.6) is 0 Å². The lowest BCUT2D eigenvalue weighted by atomic mass is 9.66. The minimum atomic E-state index is -0.603. The zero-order valence-electron chi connectivity index (χ0n) is 22.8. The number of hydrogen-bond acceptors (Lipinski definition) is 7. The third-order valence-electron chi connectivity index (χ3n) is 8.98. The fraction of sp³-hybridized carbons (Fsp3) is 0.690. The summed E-state index contributed by atoms with van der Waals surface area (Å²) in [5.41, 5.74) is 0.723. The van der Waals surface area contributed by atoms with Crippen LogP contribution < -0.4 is 10.6 Å². The number of aliphatic hydroxyl groups is 1. The van der Waals surface area contributed by atoms with E-state index in [4.69, 9.17) is 9.84 Å². The highest BCUT2D eigenvalue weighted by Crippen LogP contribution is 2.68. The Hall–Kier alpha value is -2.14. The predicted octanol–water partition coefficient (Wildman–Crippen LogP) is 1.96. The number of morpholine rings is 1. The number of nitrogens with zero attached hydrogens (tertiary/aromatic N) is 2. The van der Waals surface area contributed by atoms with E-state index in [1.54, 1.807) is 16.7 Å². The largest absolute Gasteiger partial charge is 0.396 e. The van der Waals surface area contributed by atoms with Gasteiger partial charge in [0.25, 0.3) is 0 Å². The number of hydrogen-bond donors (Lipinski definition) is 3. The van der Waals surface area contributed by atoms with Gasteiger partial charge in [0, 0.05) is 50.3 Å². The standard InChI is InChI=1S/C29H42N4O5S/c1-20-19-22-23(26(35)31-21-9-5-4-6-10-21)24-28(37)33(12-7-2-3-8-16-34)25(29(20,24)39-22)27(36)30-11-13-32-14-17-38-18-15-32/h4-6,9-10,20,22-25,34H,2-3,7-8,11-19H2,1H3,(H,30,36)(H,31,35)/t20?,22-,23+,24-,25?,29?/m0/s1. The van der Waals surface area contributed by atoms with Crippen molar-refractivity contribution < 1.29 is 24.2 Å². The quantitative estimate of drug-likeness (QED) is 0.337. The second-order valence-electron chi connectivity index (χ2n) is 11.3. The number of rotatable bonds is 12. The number of likely N-dealkylation sites (tertiary alicyclic amines) is 1. The van der Waals surface area contributed by atoms with Crippen molar-refractivity contribution in [2.45, 2.75) is 55.1 Å². The van der Waals surface area contributed by atoms with Crippen LogP contribution in [0.15, 0.2) is 30.3 Å². The second kappa shape index (κ2) is 12.6. The van der Waals surface area contributed by atoms with Gasteiger partial charge in [0.15, 0.2) is 0 Å². The molecule has 4 fully saturated rings. The first kappa shape index (κ1) is 28.4. The lowest BCUT2D eigenvalue weighted by molar-refractivity contribution is -0.139. The molecule has 39 heavy (non-hydrogen) atoms. The van der Waals surface area contributed by atoms with Gasteiger partial charge in [-0.2, -0.15) is 0 Å². The maximum atomic E-state index is 14.1. The lowest BCUT2D eigenvalue weighted by Gasteiger charge is -2.38. The molecule has 1 spiro atoms. The van der Waals surface area contributed by atoms with Crippen LogP contribution in [0.3, 0.4) is 0 Å². The Morgan fingerprint density at radius 3 is 2.56 bits per heavy atom. The van der Waals surface area contributed by atoms with Crippen LogP contribution in [0.1, 0.15) is 39.0 Å². The molecule has 1 aromatic rings. The van der Waals surface area contributed by atoms with Gasteiger partial charge in [0.2, 0.25) is 17.7 Å². The van der Waals surface area contributed by atoms with E-state index in [0.29, 0.717) is 26.3 Å². The number of amides is 3. The molecular weight excluding hydrogens is 516 g/mol. The number of ether oxygens (including phenoxy) is 1. The van der Waals surface area contributed by atoms with Crippen LogP contribution in [-0.4, -0.2) is 101 Å². The van der Waals surface area contributed by atoms with E-state index in [2.05, 4.69) is 22.5 Å². The number of para-hydroxylation sites is 1. The van der Waals surface area contributed by atoms with Gasteiger partial charge >= 0.3 is 0 Å². The molecule has 0 radical (unpaired) electrons. The maximum Gasteiger partial charge on any atom is 0.244 e. The zero-order chi connectivity index (χ0) is 27.4. The van der Waals surface area contributed by atoms with Gasteiger partial charge in [-0.3, -0.25) is 19.3 Å². The fourth-order valence-corrected chi connectivity index (χ4v) is 9.54. The molecule has 10 heteroatoms. The number of unbranched alkanes of at least 4 members (excludes halogenated alkanes) is 3. The van der Waals surface area contributed by atoms with Crippen LogP contribution in [0, 0.1) is 17.8 Å². The summed E-state index contributed by atoms with van der Waals surface area (Å²) in [6.07, 6.45) is 4.11. The smallest absolute Gasteiger partial charge is 0.244 e. The Morgan fingerprint density at radius 2 is 1.82 bits per heavy atom. The van der Waals surface area contributed by atoms with Gasteiger partial charge in [-0.1, -0.05) is 38.0 Å². The number of anilines is 1. The van der Waals surface area contributed by atoms with Crippen LogP contribution in [0.25, 0.3) is 0 Å².